The molecule has 5 heteroatoms. The van der Waals surface area contributed by atoms with E-state index < -0.39 is 0 Å². The first-order valence-corrected chi connectivity index (χ1v) is 7.20. The molecule has 17 heavy (non-hydrogen) atoms. The summed E-state index contributed by atoms with van der Waals surface area (Å²) in [5.41, 5.74) is 0.000324. The topological polar surface area (TPSA) is 38.1 Å². The largest absolute Gasteiger partial charge is 0.348 e. The molecule has 1 aromatic heterocycles. The zero-order valence-electron chi connectivity index (χ0n) is 10.1. The molecule has 1 heterocycles. The van der Waals surface area contributed by atoms with Crippen molar-refractivity contribution in [2.24, 2.45) is 7.05 Å². The molecule has 0 N–H and O–H groups in total. The predicted molar refractivity (Wildman–Crippen MR) is 72.9 cm³/mol. The molecule has 1 saturated carbocycles. The highest BCUT2D eigenvalue weighted by molar-refractivity contribution is 9.09. The van der Waals surface area contributed by atoms with Crippen LogP contribution in [0.25, 0.3) is 0 Å². The van der Waals surface area contributed by atoms with Crippen molar-refractivity contribution in [3.8, 4) is 0 Å². The van der Waals surface area contributed by atoms with E-state index in [9.17, 15) is 4.79 Å². The molecule has 0 unspecified atom stereocenters. The third-order valence-electron chi connectivity index (χ3n) is 3.36. The van der Waals surface area contributed by atoms with Crippen molar-refractivity contribution in [3.05, 3.63) is 22.7 Å². The predicted octanol–water partition coefficient (Wildman–Crippen LogP) is 1.92. The summed E-state index contributed by atoms with van der Waals surface area (Å²) in [6.45, 7) is 0.844. The average molecular weight is 300 g/mol. The Balaban J connectivity index is 2.31. The standard InChI is InChI=1S/C12H18BrN3O/c1-15-9-7-14-11(12(15)17)16(8-6-13)10-4-2-3-5-10/h7,9-10H,2-6,8H2,1H3. The molecule has 0 saturated heterocycles. The lowest BCUT2D eigenvalue weighted by atomic mass is 10.2. The van der Waals surface area contributed by atoms with Gasteiger partial charge in [-0.2, -0.15) is 0 Å². The van der Waals surface area contributed by atoms with Crippen molar-refractivity contribution in [1.29, 1.82) is 0 Å². The molecular formula is C12H18BrN3O. The summed E-state index contributed by atoms with van der Waals surface area (Å²) in [7, 11) is 1.77. The van der Waals surface area contributed by atoms with Gasteiger partial charge in [0.1, 0.15) is 0 Å². The minimum atomic E-state index is 0.000324. The molecule has 94 valence electrons. The number of rotatable bonds is 4. The van der Waals surface area contributed by atoms with Gasteiger partial charge in [-0.1, -0.05) is 28.8 Å². The first-order chi connectivity index (χ1) is 8.24. The Hall–Kier alpha value is -0.840. The van der Waals surface area contributed by atoms with Gasteiger partial charge in [0.2, 0.25) is 0 Å². The Bertz CT molecular complexity index is 426. The summed E-state index contributed by atoms with van der Waals surface area (Å²) < 4.78 is 1.60. The molecule has 0 radical (unpaired) electrons. The molecule has 0 aliphatic heterocycles. The van der Waals surface area contributed by atoms with Crippen molar-refractivity contribution in [2.75, 3.05) is 16.8 Å². The van der Waals surface area contributed by atoms with E-state index in [-0.39, 0.29) is 5.56 Å². The molecule has 1 aromatic rings. The third-order valence-corrected chi connectivity index (χ3v) is 3.72. The Kier molecular flexibility index (Phi) is 4.20. The van der Waals surface area contributed by atoms with Crippen LogP contribution in [0, 0.1) is 0 Å². The number of aromatic nitrogens is 2. The van der Waals surface area contributed by atoms with Gasteiger partial charge in [-0.15, -0.1) is 0 Å². The van der Waals surface area contributed by atoms with Gasteiger partial charge in [0.25, 0.3) is 5.56 Å². The Morgan fingerprint density at radius 2 is 2.24 bits per heavy atom. The maximum Gasteiger partial charge on any atom is 0.293 e. The van der Waals surface area contributed by atoms with E-state index in [1.807, 2.05) is 0 Å². The minimum Gasteiger partial charge on any atom is -0.348 e. The molecule has 0 bridgehead atoms. The van der Waals surface area contributed by atoms with Crippen LogP contribution in [-0.2, 0) is 7.05 Å². The van der Waals surface area contributed by atoms with Crippen LogP contribution in [-0.4, -0.2) is 27.5 Å². The Morgan fingerprint density at radius 1 is 1.53 bits per heavy atom. The van der Waals surface area contributed by atoms with Crippen LogP contribution < -0.4 is 10.5 Å². The number of halogens is 1. The van der Waals surface area contributed by atoms with Crippen LogP contribution in [0.1, 0.15) is 25.7 Å². The van der Waals surface area contributed by atoms with Crippen molar-refractivity contribution in [3.63, 3.8) is 0 Å². The molecule has 0 spiro atoms. The third kappa shape index (κ3) is 2.70. The number of aryl methyl sites for hydroxylation is 1. The van der Waals surface area contributed by atoms with Crippen molar-refractivity contribution in [2.45, 2.75) is 31.7 Å². The minimum absolute atomic E-state index is 0.000324. The van der Waals surface area contributed by atoms with Gasteiger partial charge in [-0.05, 0) is 12.8 Å². The van der Waals surface area contributed by atoms with Gasteiger partial charge in [-0.3, -0.25) is 4.79 Å². The zero-order valence-corrected chi connectivity index (χ0v) is 11.7. The average Bonchev–Trinajstić information content (AvgIpc) is 2.84. The number of nitrogens with zero attached hydrogens (tertiary/aromatic N) is 3. The molecule has 4 nitrogen and oxygen atoms in total. The monoisotopic (exact) mass is 299 g/mol. The van der Waals surface area contributed by atoms with E-state index in [4.69, 9.17) is 0 Å². The normalized spacial score (nSPS) is 16.4. The van der Waals surface area contributed by atoms with Crippen LogP contribution in [0.2, 0.25) is 0 Å². The number of hydrogen-bond acceptors (Lipinski definition) is 3. The number of hydrogen-bond donors (Lipinski definition) is 0. The zero-order chi connectivity index (χ0) is 12.3. The molecule has 2 rings (SSSR count). The van der Waals surface area contributed by atoms with E-state index >= 15 is 0 Å². The van der Waals surface area contributed by atoms with Gasteiger partial charge in [0.15, 0.2) is 5.82 Å². The van der Waals surface area contributed by atoms with Crippen LogP contribution in [0.4, 0.5) is 5.82 Å². The van der Waals surface area contributed by atoms with E-state index in [0.29, 0.717) is 11.9 Å². The SMILES string of the molecule is Cn1ccnc(N(CCBr)C2CCCC2)c1=O. The highest BCUT2D eigenvalue weighted by Gasteiger charge is 2.25. The molecule has 1 aliphatic rings. The fourth-order valence-corrected chi connectivity index (χ4v) is 2.83. The Labute approximate surface area is 110 Å². The fourth-order valence-electron chi connectivity index (χ4n) is 2.45. The molecule has 1 aliphatic carbocycles. The van der Waals surface area contributed by atoms with Gasteiger partial charge in [0, 0.05) is 37.4 Å². The van der Waals surface area contributed by atoms with Gasteiger partial charge in [-0.25, -0.2) is 4.98 Å². The molecule has 0 aromatic carbocycles. The molecule has 0 amide bonds. The van der Waals surface area contributed by atoms with Crippen LogP contribution >= 0.6 is 15.9 Å². The smallest absolute Gasteiger partial charge is 0.293 e. The van der Waals surface area contributed by atoms with Gasteiger partial charge in [0.05, 0.1) is 0 Å². The fraction of sp³-hybridized carbons (Fsp3) is 0.667. The van der Waals surface area contributed by atoms with Crippen molar-refractivity contribution < 1.29 is 0 Å². The first-order valence-electron chi connectivity index (χ1n) is 6.08. The van der Waals surface area contributed by atoms with Crippen LogP contribution in [0.3, 0.4) is 0 Å². The van der Waals surface area contributed by atoms with Gasteiger partial charge < -0.3 is 9.47 Å². The highest BCUT2D eigenvalue weighted by atomic mass is 79.9. The Morgan fingerprint density at radius 3 is 2.88 bits per heavy atom. The van der Waals surface area contributed by atoms with Crippen LogP contribution in [0.15, 0.2) is 17.2 Å². The summed E-state index contributed by atoms with van der Waals surface area (Å²) in [6.07, 6.45) is 8.27. The molecule has 0 atom stereocenters. The summed E-state index contributed by atoms with van der Waals surface area (Å²) in [6, 6.07) is 0.482. The summed E-state index contributed by atoms with van der Waals surface area (Å²) in [4.78, 5) is 18.5. The van der Waals surface area contributed by atoms with E-state index in [1.165, 1.54) is 25.7 Å². The van der Waals surface area contributed by atoms with E-state index in [0.717, 1.165) is 11.9 Å². The number of anilines is 1. The second-order valence-corrected chi connectivity index (χ2v) is 5.28. The lowest BCUT2D eigenvalue weighted by molar-refractivity contribution is 0.608. The first kappa shape index (κ1) is 12.6. The lowest BCUT2D eigenvalue weighted by Gasteiger charge is -2.28. The summed E-state index contributed by atoms with van der Waals surface area (Å²) in [5, 5.41) is 0.864. The molecule has 1 fully saturated rings. The maximum atomic E-state index is 12.1. The summed E-state index contributed by atoms with van der Waals surface area (Å²) >= 11 is 3.46. The lowest BCUT2D eigenvalue weighted by Crippen LogP contribution is -2.40. The summed E-state index contributed by atoms with van der Waals surface area (Å²) in [5.74, 6) is 0.598. The van der Waals surface area contributed by atoms with E-state index in [1.54, 1.807) is 24.0 Å². The van der Waals surface area contributed by atoms with Crippen molar-refractivity contribution in [1.82, 2.24) is 9.55 Å². The highest BCUT2D eigenvalue weighted by Crippen LogP contribution is 2.25. The van der Waals surface area contributed by atoms with Crippen LogP contribution in [0.5, 0.6) is 0 Å². The molecular weight excluding hydrogens is 282 g/mol. The number of alkyl halides is 1. The quantitative estimate of drug-likeness (QED) is 0.797. The van der Waals surface area contributed by atoms with Crippen molar-refractivity contribution >= 4 is 21.7 Å². The second kappa shape index (κ2) is 5.67. The second-order valence-electron chi connectivity index (χ2n) is 4.49. The maximum absolute atomic E-state index is 12.1. The van der Waals surface area contributed by atoms with E-state index in [2.05, 4.69) is 25.8 Å². The van der Waals surface area contributed by atoms with Gasteiger partial charge >= 0.3 is 0 Å².